The third kappa shape index (κ3) is 4.06. The number of sulfonamides is 1. The maximum atomic E-state index is 12.3. The molecule has 114 valence electrons. The molecule has 21 heavy (non-hydrogen) atoms. The van der Waals surface area contributed by atoms with Crippen molar-refractivity contribution in [3.05, 3.63) is 40.3 Å². The molecule has 7 heteroatoms. The Kier molecular flexibility index (Phi) is 5.03. The Labute approximate surface area is 129 Å². The van der Waals surface area contributed by atoms with Crippen LogP contribution in [0.15, 0.2) is 29.7 Å². The molecule has 0 aromatic heterocycles. The number of rotatable bonds is 4. The summed E-state index contributed by atoms with van der Waals surface area (Å²) in [5.74, 6) is -0.599. The molecule has 1 aliphatic rings. The molecule has 2 rings (SSSR count). The molecule has 1 amide bonds. The number of halogens is 1. The van der Waals surface area contributed by atoms with Gasteiger partial charge in [-0.15, -0.1) is 0 Å². The predicted molar refractivity (Wildman–Crippen MR) is 82.9 cm³/mol. The van der Waals surface area contributed by atoms with Gasteiger partial charge in [-0.3, -0.25) is 4.79 Å². The van der Waals surface area contributed by atoms with Crippen molar-refractivity contribution in [3.8, 4) is 0 Å². The van der Waals surface area contributed by atoms with Crippen molar-refractivity contribution >= 4 is 33.6 Å². The molecule has 0 saturated carbocycles. The number of piperidine rings is 1. The lowest BCUT2D eigenvalue weighted by atomic mass is 10.0. The molecule has 1 aromatic rings. The second kappa shape index (κ2) is 6.60. The van der Waals surface area contributed by atoms with Crippen molar-refractivity contribution in [2.75, 3.05) is 6.54 Å². The molecule has 1 fully saturated rings. The monoisotopic (exact) mass is 328 g/mol. The molecule has 1 atom stereocenters. The molecule has 0 aliphatic carbocycles. The Morgan fingerprint density at radius 3 is 2.57 bits per heavy atom. The number of nitrogens with two attached hydrogens (primary N) is 1. The normalized spacial score (nSPS) is 20.7. The first kappa shape index (κ1) is 16.0. The summed E-state index contributed by atoms with van der Waals surface area (Å²) in [5.41, 5.74) is 6.01. The van der Waals surface area contributed by atoms with Gasteiger partial charge in [0.25, 0.3) is 0 Å². The topological polar surface area (TPSA) is 80.5 Å². The molecule has 0 radical (unpaired) electrons. The van der Waals surface area contributed by atoms with Crippen molar-refractivity contribution in [1.82, 2.24) is 4.31 Å². The van der Waals surface area contributed by atoms with E-state index in [9.17, 15) is 13.2 Å². The van der Waals surface area contributed by atoms with Crippen LogP contribution in [0.4, 0.5) is 0 Å². The van der Waals surface area contributed by atoms with E-state index in [0.717, 1.165) is 23.8 Å². The van der Waals surface area contributed by atoms with Crippen LogP contribution in [0.25, 0.3) is 6.08 Å². The molecule has 1 heterocycles. The third-order valence-corrected chi connectivity index (χ3v) is 5.23. The molecule has 0 unspecified atom stereocenters. The maximum absolute atomic E-state index is 12.3. The summed E-state index contributed by atoms with van der Waals surface area (Å²) in [4.78, 5) is 11.4. The van der Waals surface area contributed by atoms with Gasteiger partial charge in [-0.25, -0.2) is 8.42 Å². The van der Waals surface area contributed by atoms with Crippen LogP contribution in [-0.4, -0.2) is 31.2 Å². The van der Waals surface area contributed by atoms with Gasteiger partial charge in [-0.05, 0) is 36.6 Å². The first-order chi connectivity index (χ1) is 9.90. The van der Waals surface area contributed by atoms with Crippen molar-refractivity contribution < 1.29 is 13.2 Å². The quantitative estimate of drug-likeness (QED) is 0.917. The Bertz CT molecular complexity index is 641. The number of hydrogen-bond donors (Lipinski definition) is 1. The van der Waals surface area contributed by atoms with Crippen LogP contribution in [0, 0.1) is 0 Å². The third-order valence-electron chi connectivity index (χ3n) is 3.41. The number of benzene rings is 1. The second-order valence-electron chi connectivity index (χ2n) is 4.92. The average Bonchev–Trinajstić information content (AvgIpc) is 2.47. The minimum Gasteiger partial charge on any atom is -0.368 e. The molecule has 0 bridgehead atoms. The highest BCUT2D eigenvalue weighted by molar-refractivity contribution is 7.92. The van der Waals surface area contributed by atoms with Crippen molar-refractivity contribution in [2.45, 2.75) is 25.3 Å². The van der Waals surface area contributed by atoms with Gasteiger partial charge in [0.15, 0.2) is 0 Å². The Morgan fingerprint density at radius 2 is 1.95 bits per heavy atom. The maximum Gasteiger partial charge on any atom is 0.236 e. The van der Waals surface area contributed by atoms with E-state index in [1.54, 1.807) is 24.3 Å². The van der Waals surface area contributed by atoms with Crippen molar-refractivity contribution in [1.29, 1.82) is 0 Å². The van der Waals surface area contributed by atoms with Gasteiger partial charge in [0, 0.05) is 17.0 Å². The summed E-state index contributed by atoms with van der Waals surface area (Å²) in [7, 11) is -3.67. The first-order valence-electron chi connectivity index (χ1n) is 6.65. The van der Waals surface area contributed by atoms with Gasteiger partial charge in [0.05, 0.1) is 0 Å². The van der Waals surface area contributed by atoms with Crippen molar-refractivity contribution in [2.24, 2.45) is 5.73 Å². The second-order valence-corrected chi connectivity index (χ2v) is 7.13. The Balaban J connectivity index is 2.20. The summed E-state index contributed by atoms with van der Waals surface area (Å²) in [6.45, 7) is 0.320. The zero-order chi connectivity index (χ0) is 15.5. The van der Waals surface area contributed by atoms with Crippen LogP contribution in [0.5, 0.6) is 0 Å². The lowest BCUT2D eigenvalue weighted by Crippen LogP contribution is -2.49. The van der Waals surface area contributed by atoms with E-state index >= 15 is 0 Å². The van der Waals surface area contributed by atoms with Gasteiger partial charge < -0.3 is 5.73 Å². The van der Waals surface area contributed by atoms with Crippen LogP contribution in [0.2, 0.25) is 5.02 Å². The molecule has 2 N–H and O–H groups in total. The van der Waals surface area contributed by atoms with Crippen molar-refractivity contribution in [3.63, 3.8) is 0 Å². The summed E-state index contributed by atoms with van der Waals surface area (Å²) in [5, 5.41) is 1.69. The molecule has 1 saturated heterocycles. The summed E-state index contributed by atoms with van der Waals surface area (Å²) < 4.78 is 25.9. The van der Waals surface area contributed by atoms with Crippen LogP contribution in [0.1, 0.15) is 24.8 Å². The highest BCUT2D eigenvalue weighted by atomic mass is 35.5. The molecule has 1 aromatic carbocycles. The Hall–Kier alpha value is -1.37. The fourth-order valence-corrected chi connectivity index (χ4v) is 3.87. The highest BCUT2D eigenvalue weighted by Crippen LogP contribution is 2.22. The summed E-state index contributed by atoms with van der Waals surface area (Å²) in [6, 6.07) is 6.05. The first-order valence-corrected chi connectivity index (χ1v) is 8.53. The fourth-order valence-electron chi connectivity index (χ4n) is 2.31. The number of amides is 1. The standard InChI is InChI=1S/C14H17ClN2O3S/c15-12-6-4-11(5-7-12)8-10-21(19,20)17-9-2-1-3-13(17)14(16)18/h4-8,10,13H,1-3,9H2,(H2,16,18)/b10-8+/t13-/m0/s1. The molecule has 1 aliphatic heterocycles. The largest absolute Gasteiger partial charge is 0.368 e. The van der Waals surface area contributed by atoms with E-state index in [4.69, 9.17) is 17.3 Å². The number of carbonyl (C=O) groups excluding carboxylic acids is 1. The molecule has 0 spiro atoms. The molecular weight excluding hydrogens is 312 g/mol. The van der Waals surface area contributed by atoms with Crippen LogP contribution >= 0.6 is 11.6 Å². The zero-order valence-corrected chi connectivity index (χ0v) is 13.0. The lowest BCUT2D eigenvalue weighted by Gasteiger charge is -2.31. The van der Waals surface area contributed by atoms with E-state index in [1.165, 1.54) is 10.4 Å². The number of primary amides is 1. The number of nitrogens with zero attached hydrogens (tertiary/aromatic N) is 1. The van der Waals surface area contributed by atoms with Gasteiger partial charge in [0.1, 0.15) is 6.04 Å². The number of carbonyl (C=O) groups is 1. The average molecular weight is 329 g/mol. The van der Waals surface area contributed by atoms with Gasteiger partial charge in [-0.2, -0.15) is 4.31 Å². The van der Waals surface area contributed by atoms with Gasteiger partial charge in [-0.1, -0.05) is 30.2 Å². The summed E-state index contributed by atoms with van der Waals surface area (Å²) >= 11 is 5.78. The van der Waals surface area contributed by atoms with Crippen LogP contribution < -0.4 is 5.73 Å². The van der Waals surface area contributed by atoms with Gasteiger partial charge >= 0.3 is 0 Å². The van der Waals surface area contributed by atoms with E-state index < -0.39 is 22.0 Å². The van der Waals surface area contributed by atoms with E-state index in [2.05, 4.69) is 0 Å². The molecule has 5 nitrogen and oxygen atoms in total. The lowest BCUT2D eigenvalue weighted by molar-refractivity contribution is -0.122. The number of hydrogen-bond acceptors (Lipinski definition) is 3. The van der Waals surface area contributed by atoms with Gasteiger partial charge in [0.2, 0.25) is 15.9 Å². The van der Waals surface area contributed by atoms with Crippen LogP contribution in [-0.2, 0) is 14.8 Å². The smallest absolute Gasteiger partial charge is 0.236 e. The van der Waals surface area contributed by atoms with E-state index in [1.807, 2.05) is 0 Å². The minimum absolute atomic E-state index is 0.320. The summed E-state index contributed by atoms with van der Waals surface area (Å²) in [6.07, 6.45) is 3.50. The minimum atomic E-state index is -3.67. The van der Waals surface area contributed by atoms with E-state index in [-0.39, 0.29) is 0 Å². The molecular formula is C14H17ClN2O3S. The predicted octanol–water partition coefficient (Wildman–Crippen LogP) is 1.98. The Morgan fingerprint density at radius 1 is 1.29 bits per heavy atom. The zero-order valence-electron chi connectivity index (χ0n) is 11.4. The SMILES string of the molecule is NC(=O)[C@@H]1CCCCN1S(=O)(=O)/C=C/c1ccc(Cl)cc1. The fraction of sp³-hybridized carbons (Fsp3) is 0.357. The highest BCUT2D eigenvalue weighted by Gasteiger charge is 2.34. The van der Waals surface area contributed by atoms with Crippen LogP contribution in [0.3, 0.4) is 0 Å². The van der Waals surface area contributed by atoms with E-state index in [0.29, 0.717) is 18.0 Å².